The van der Waals surface area contributed by atoms with Gasteiger partial charge in [0.25, 0.3) is 0 Å². The number of pyridine rings is 1. The van der Waals surface area contributed by atoms with E-state index in [2.05, 4.69) is 10.4 Å². The van der Waals surface area contributed by atoms with E-state index in [1.165, 1.54) is 6.92 Å². The monoisotopic (exact) mass is 219 g/mol. The SMILES string of the molecule is CC(=O)NCc1c(C)n2[nH]ccc2cc1=O. The zero-order valence-corrected chi connectivity index (χ0v) is 9.20. The fraction of sp³-hybridized carbons (Fsp3) is 0.273. The van der Waals surface area contributed by atoms with Crippen LogP contribution in [0.15, 0.2) is 23.1 Å². The lowest BCUT2D eigenvalue weighted by Crippen LogP contribution is -2.25. The Hall–Kier alpha value is -2.04. The molecular weight excluding hydrogens is 206 g/mol. The van der Waals surface area contributed by atoms with Crippen molar-refractivity contribution in [1.29, 1.82) is 0 Å². The summed E-state index contributed by atoms with van der Waals surface area (Å²) in [6.07, 6.45) is 1.77. The molecule has 0 bridgehead atoms. The molecule has 5 heteroatoms. The van der Waals surface area contributed by atoms with Crippen molar-refractivity contribution in [1.82, 2.24) is 14.9 Å². The summed E-state index contributed by atoms with van der Waals surface area (Å²) in [7, 11) is 0. The first-order valence-corrected chi connectivity index (χ1v) is 5.02. The molecule has 16 heavy (non-hydrogen) atoms. The van der Waals surface area contributed by atoms with Crippen molar-refractivity contribution in [2.24, 2.45) is 0 Å². The molecule has 2 aromatic heterocycles. The van der Waals surface area contributed by atoms with Gasteiger partial charge in [0.1, 0.15) is 0 Å². The predicted molar refractivity (Wildman–Crippen MR) is 60.3 cm³/mol. The molecule has 0 saturated heterocycles. The van der Waals surface area contributed by atoms with Crippen LogP contribution in [-0.2, 0) is 11.3 Å². The molecule has 0 aromatic carbocycles. The van der Waals surface area contributed by atoms with E-state index < -0.39 is 0 Å². The number of aromatic nitrogens is 2. The number of aromatic amines is 1. The maximum Gasteiger partial charge on any atom is 0.217 e. The van der Waals surface area contributed by atoms with Crippen molar-refractivity contribution in [3.63, 3.8) is 0 Å². The molecule has 2 aromatic rings. The highest BCUT2D eigenvalue weighted by atomic mass is 16.1. The molecule has 84 valence electrons. The second-order valence-electron chi connectivity index (χ2n) is 3.71. The van der Waals surface area contributed by atoms with Crippen molar-refractivity contribution in [3.8, 4) is 0 Å². The number of fused-ring (bicyclic) bond motifs is 1. The topological polar surface area (TPSA) is 66.4 Å². The second kappa shape index (κ2) is 3.84. The average Bonchev–Trinajstić information content (AvgIpc) is 2.64. The zero-order chi connectivity index (χ0) is 11.7. The number of rotatable bonds is 2. The Labute approximate surface area is 92.1 Å². The zero-order valence-electron chi connectivity index (χ0n) is 9.20. The van der Waals surface area contributed by atoms with E-state index in [1.807, 2.05) is 17.5 Å². The van der Waals surface area contributed by atoms with E-state index in [-0.39, 0.29) is 17.9 Å². The molecule has 2 N–H and O–H groups in total. The fourth-order valence-corrected chi connectivity index (χ4v) is 1.71. The molecular formula is C11H13N3O2. The van der Waals surface area contributed by atoms with Gasteiger partial charge in [0.15, 0.2) is 5.43 Å². The van der Waals surface area contributed by atoms with Crippen LogP contribution in [0.4, 0.5) is 0 Å². The maximum atomic E-state index is 11.8. The number of carbonyl (C=O) groups is 1. The lowest BCUT2D eigenvalue weighted by Gasteiger charge is -2.07. The molecule has 0 radical (unpaired) electrons. The highest BCUT2D eigenvalue weighted by molar-refractivity contribution is 5.72. The molecule has 0 aliphatic heterocycles. The first-order chi connectivity index (χ1) is 7.59. The van der Waals surface area contributed by atoms with Crippen molar-refractivity contribution < 1.29 is 4.79 Å². The Bertz CT molecular complexity index is 595. The van der Waals surface area contributed by atoms with E-state index in [9.17, 15) is 9.59 Å². The number of nitrogens with one attached hydrogen (secondary N) is 2. The summed E-state index contributed by atoms with van der Waals surface area (Å²) in [4.78, 5) is 22.6. The molecule has 0 unspecified atom stereocenters. The van der Waals surface area contributed by atoms with E-state index >= 15 is 0 Å². The smallest absolute Gasteiger partial charge is 0.217 e. The molecule has 5 nitrogen and oxygen atoms in total. The predicted octanol–water partition coefficient (Wildman–Crippen LogP) is 0.572. The third-order valence-electron chi connectivity index (χ3n) is 2.58. The van der Waals surface area contributed by atoms with Gasteiger partial charge in [-0.25, -0.2) is 0 Å². The van der Waals surface area contributed by atoms with Crippen LogP contribution in [0, 0.1) is 6.92 Å². The van der Waals surface area contributed by atoms with Crippen LogP contribution >= 0.6 is 0 Å². The first-order valence-electron chi connectivity index (χ1n) is 5.02. The van der Waals surface area contributed by atoms with Crippen molar-refractivity contribution >= 4 is 11.4 Å². The standard InChI is InChI=1S/C11H13N3O2/c1-7-10(6-12-8(2)15)11(16)5-9-3-4-13-14(7)9/h3-5,13H,6H2,1-2H3,(H,12,15). The van der Waals surface area contributed by atoms with Gasteiger partial charge in [0.2, 0.25) is 5.91 Å². The molecule has 2 heterocycles. The largest absolute Gasteiger partial charge is 0.352 e. The molecule has 2 rings (SSSR count). The van der Waals surface area contributed by atoms with Gasteiger partial charge in [-0.1, -0.05) is 0 Å². The summed E-state index contributed by atoms with van der Waals surface area (Å²) >= 11 is 0. The summed E-state index contributed by atoms with van der Waals surface area (Å²) in [5, 5.41) is 5.64. The molecule has 0 spiro atoms. The van der Waals surface area contributed by atoms with Gasteiger partial charge in [0, 0.05) is 37.0 Å². The Balaban J connectivity index is 2.51. The molecule has 0 aliphatic rings. The number of hydrogen-bond acceptors (Lipinski definition) is 2. The van der Waals surface area contributed by atoms with Crippen LogP contribution in [0.2, 0.25) is 0 Å². The number of hydrogen-bond donors (Lipinski definition) is 2. The van der Waals surface area contributed by atoms with E-state index in [1.54, 1.807) is 12.3 Å². The third-order valence-corrected chi connectivity index (χ3v) is 2.58. The van der Waals surface area contributed by atoms with E-state index in [0.717, 1.165) is 11.2 Å². The van der Waals surface area contributed by atoms with Gasteiger partial charge < -0.3 is 10.4 Å². The van der Waals surface area contributed by atoms with Crippen molar-refractivity contribution in [3.05, 3.63) is 39.8 Å². The minimum atomic E-state index is -0.143. The number of nitrogens with zero attached hydrogens (tertiary/aromatic N) is 1. The van der Waals surface area contributed by atoms with Crippen LogP contribution in [0.1, 0.15) is 18.2 Å². The Morgan fingerprint density at radius 2 is 2.31 bits per heavy atom. The highest BCUT2D eigenvalue weighted by Gasteiger charge is 2.08. The maximum absolute atomic E-state index is 11.8. The Morgan fingerprint density at radius 1 is 1.56 bits per heavy atom. The van der Waals surface area contributed by atoms with Crippen LogP contribution in [0.5, 0.6) is 0 Å². The average molecular weight is 219 g/mol. The summed E-state index contributed by atoms with van der Waals surface area (Å²) in [6.45, 7) is 3.55. The minimum Gasteiger partial charge on any atom is -0.352 e. The van der Waals surface area contributed by atoms with Crippen LogP contribution < -0.4 is 10.7 Å². The lowest BCUT2D eigenvalue weighted by molar-refractivity contribution is -0.119. The molecule has 0 atom stereocenters. The third kappa shape index (κ3) is 1.71. The van der Waals surface area contributed by atoms with Gasteiger partial charge in [-0.2, -0.15) is 0 Å². The van der Waals surface area contributed by atoms with Gasteiger partial charge in [-0.05, 0) is 13.0 Å². The van der Waals surface area contributed by atoms with E-state index in [4.69, 9.17) is 0 Å². The van der Waals surface area contributed by atoms with Crippen LogP contribution in [0.25, 0.3) is 5.52 Å². The van der Waals surface area contributed by atoms with Gasteiger partial charge in [-0.3, -0.25) is 14.1 Å². The summed E-state index contributed by atoms with van der Waals surface area (Å²) in [6, 6.07) is 3.39. The number of aryl methyl sites for hydroxylation is 1. The van der Waals surface area contributed by atoms with Crippen molar-refractivity contribution in [2.75, 3.05) is 0 Å². The lowest BCUT2D eigenvalue weighted by atomic mass is 10.2. The fourth-order valence-electron chi connectivity index (χ4n) is 1.71. The Kier molecular flexibility index (Phi) is 2.52. The quantitative estimate of drug-likeness (QED) is 0.775. The van der Waals surface area contributed by atoms with Gasteiger partial charge >= 0.3 is 0 Å². The summed E-state index contributed by atoms with van der Waals surface area (Å²) < 4.78 is 1.82. The Morgan fingerprint density at radius 3 is 3.00 bits per heavy atom. The van der Waals surface area contributed by atoms with Crippen LogP contribution in [-0.4, -0.2) is 15.5 Å². The van der Waals surface area contributed by atoms with E-state index in [0.29, 0.717) is 5.56 Å². The first kappa shape index (κ1) is 10.5. The second-order valence-corrected chi connectivity index (χ2v) is 3.71. The highest BCUT2D eigenvalue weighted by Crippen LogP contribution is 2.06. The van der Waals surface area contributed by atoms with Crippen molar-refractivity contribution in [2.45, 2.75) is 20.4 Å². The minimum absolute atomic E-state index is 0.0501. The van der Waals surface area contributed by atoms with Crippen LogP contribution in [0.3, 0.4) is 0 Å². The molecule has 0 saturated carbocycles. The van der Waals surface area contributed by atoms with Gasteiger partial charge in [-0.15, -0.1) is 0 Å². The molecule has 0 aliphatic carbocycles. The number of H-pyrrole nitrogens is 1. The molecule has 0 fully saturated rings. The normalized spacial score (nSPS) is 10.6. The van der Waals surface area contributed by atoms with Gasteiger partial charge in [0.05, 0.1) is 5.52 Å². The molecule has 1 amide bonds. The number of carbonyl (C=O) groups excluding carboxylic acids is 1. The summed E-state index contributed by atoms with van der Waals surface area (Å²) in [5.41, 5.74) is 2.20. The summed E-state index contributed by atoms with van der Waals surface area (Å²) in [5.74, 6) is -0.143. The number of amides is 1.